The molecule has 0 saturated carbocycles. The zero-order valence-corrected chi connectivity index (χ0v) is 7.90. The van der Waals surface area contributed by atoms with Crippen molar-refractivity contribution in [2.24, 2.45) is 5.73 Å². The van der Waals surface area contributed by atoms with Crippen molar-refractivity contribution in [3.05, 3.63) is 36.0 Å². The summed E-state index contributed by atoms with van der Waals surface area (Å²) < 4.78 is 2.30. The minimum absolute atomic E-state index is 0.0818. The average Bonchev–Trinajstić information content (AvgIpc) is 2.56. The van der Waals surface area contributed by atoms with Crippen LogP contribution >= 0.6 is 0 Å². The highest BCUT2D eigenvalue weighted by Gasteiger charge is 2.16. The lowest BCUT2D eigenvalue weighted by Gasteiger charge is -2.23. The van der Waals surface area contributed by atoms with Crippen molar-refractivity contribution in [1.29, 1.82) is 0 Å². The fourth-order valence-electron chi connectivity index (χ4n) is 2.13. The van der Waals surface area contributed by atoms with E-state index in [4.69, 9.17) is 5.73 Å². The van der Waals surface area contributed by atoms with E-state index in [9.17, 15) is 0 Å². The standard InChI is InChI=1S/C11H13N3/c12-11-7-14-9(6-13-11)5-8-3-1-2-4-10(8)14/h1-5,11,13H,6-7,12H2. The number of nitrogens with two attached hydrogens (primary N) is 1. The molecule has 1 aliphatic rings. The van der Waals surface area contributed by atoms with Crippen molar-refractivity contribution >= 4 is 10.9 Å². The predicted molar refractivity (Wildman–Crippen MR) is 56.8 cm³/mol. The van der Waals surface area contributed by atoms with E-state index in [1.807, 2.05) is 0 Å². The summed E-state index contributed by atoms with van der Waals surface area (Å²) in [6.07, 6.45) is 0.0818. The predicted octanol–water partition coefficient (Wildman–Crippen LogP) is 1.03. The van der Waals surface area contributed by atoms with Gasteiger partial charge in [0.1, 0.15) is 0 Å². The molecule has 1 aliphatic heterocycles. The lowest BCUT2D eigenvalue weighted by molar-refractivity contribution is 0.409. The van der Waals surface area contributed by atoms with E-state index in [1.165, 1.54) is 16.6 Å². The molecule has 14 heavy (non-hydrogen) atoms. The maximum Gasteiger partial charge on any atom is 0.0734 e. The van der Waals surface area contributed by atoms with Gasteiger partial charge in [0.2, 0.25) is 0 Å². The molecule has 0 fully saturated rings. The van der Waals surface area contributed by atoms with Crippen molar-refractivity contribution in [3.8, 4) is 0 Å². The molecule has 0 spiro atoms. The first-order valence-corrected chi connectivity index (χ1v) is 4.91. The molecule has 0 radical (unpaired) electrons. The highest BCUT2D eigenvalue weighted by Crippen LogP contribution is 2.21. The first-order chi connectivity index (χ1) is 6.84. The maximum atomic E-state index is 5.87. The van der Waals surface area contributed by atoms with Gasteiger partial charge in [0.05, 0.1) is 12.7 Å². The Labute approximate surface area is 82.5 Å². The molecule has 2 aromatic rings. The van der Waals surface area contributed by atoms with E-state index >= 15 is 0 Å². The summed E-state index contributed by atoms with van der Waals surface area (Å²) >= 11 is 0. The first-order valence-electron chi connectivity index (χ1n) is 4.91. The van der Waals surface area contributed by atoms with Gasteiger partial charge in [-0.25, -0.2) is 0 Å². The molecule has 0 saturated heterocycles. The molecule has 1 unspecified atom stereocenters. The van der Waals surface area contributed by atoms with Gasteiger partial charge in [-0.15, -0.1) is 0 Å². The fraction of sp³-hybridized carbons (Fsp3) is 0.273. The second-order valence-electron chi connectivity index (χ2n) is 3.79. The largest absolute Gasteiger partial charge is 0.340 e. The van der Waals surface area contributed by atoms with E-state index < -0.39 is 0 Å². The van der Waals surface area contributed by atoms with Crippen LogP contribution in [0.1, 0.15) is 5.69 Å². The van der Waals surface area contributed by atoms with Crippen LogP contribution in [0.2, 0.25) is 0 Å². The Morgan fingerprint density at radius 1 is 1.36 bits per heavy atom. The first kappa shape index (κ1) is 8.03. The molecule has 1 aromatic heterocycles. The van der Waals surface area contributed by atoms with Crippen LogP contribution in [0.3, 0.4) is 0 Å². The molecule has 3 N–H and O–H groups in total. The molecule has 0 amide bonds. The van der Waals surface area contributed by atoms with Crippen LogP contribution in [0.15, 0.2) is 30.3 Å². The number of rotatable bonds is 0. The Hall–Kier alpha value is -1.32. The Kier molecular flexibility index (Phi) is 1.63. The van der Waals surface area contributed by atoms with Crippen molar-refractivity contribution in [3.63, 3.8) is 0 Å². The summed E-state index contributed by atoms with van der Waals surface area (Å²) in [5.74, 6) is 0. The Morgan fingerprint density at radius 3 is 3.14 bits per heavy atom. The Balaban J connectivity index is 2.25. The van der Waals surface area contributed by atoms with Gasteiger partial charge in [-0.05, 0) is 17.5 Å². The SMILES string of the molecule is NC1Cn2c(cc3ccccc32)CN1. The lowest BCUT2D eigenvalue weighted by Crippen LogP contribution is -2.44. The second kappa shape index (κ2) is 2.83. The minimum Gasteiger partial charge on any atom is -0.340 e. The molecule has 2 heterocycles. The van der Waals surface area contributed by atoms with Gasteiger partial charge in [0.15, 0.2) is 0 Å². The number of nitrogens with zero attached hydrogens (tertiary/aromatic N) is 1. The van der Waals surface area contributed by atoms with Crippen LogP contribution in [0.5, 0.6) is 0 Å². The molecule has 1 atom stereocenters. The fourth-order valence-corrected chi connectivity index (χ4v) is 2.13. The van der Waals surface area contributed by atoms with Gasteiger partial charge in [0, 0.05) is 17.8 Å². The van der Waals surface area contributed by atoms with Gasteiger partial charge in [-0.3, -0.25) is 5.32 Å². The van der Waals surface area contributed by atoms with Crippen molar-refractivity contribution in [2.75, 3.05) is 0 Å². The van der Waals surface area contributed by atoms with Gasteiger partial charge in [-0.1, -0.05) is 18.2 Å². The van der Waals surface area contributed by atoms with E-state index in [-0.39, 0.29) is 6.17 Å². The normalized spacial score (nSPS) is 21.1. The average molecular weight is 187 g/mol. The van der Waals surface area contributed by atoms with E-state index in [1.54, 1.807) is 0 Å². The van der Waals surface area contributed by atoms with Gasteiger partial charge in [0.25, 0.3) is 0 Å². The van der Waals surface area contributed by atoms with Gasteiger partial charge >= 0.3 is 0 Å². The van der Waals surface area contributed by atoms with Gasteiger partial charge in [-0.2, -0.15) is 0 Å². The molecule has 3 rings (SSSR count). The summed E-state index contributed by atoms with van der Waals surface area (Å²) in [6, 6.07) is 10.7. The van der Waals surface area contributed by atoms with Crippen molar-refractivity contribution in [1.82, 2.24) is 9.88 Å². The zero-order chi connectivity index (χ0) is 9.54. The van der Waals surface area contributed by atoms with Crippen molar-refractivity contribution in [2.45, 2.75) is 19.3 Å². The number of fused-ring (bicyclic) bond motifs is 3. The third-order valence-corrected chi connectivity index (χ3v) is 2.82. The topological polar surface area (TPSA) is 43.0 Å². The minimum atomic E-state index is 0.0818. The summed E-state index contributed by atoms with van der Waals surface area (Å²) in [7, 11) is 0. The second-order valence-corrected chi connectivity index (χ2v) is 3.79. The molecular weight excluding hydrogens is 174 g/mol. The Morgan fingerprint density at radius 2 is 2.21 bits per heavy atom. The van der Waals surface area contributed by atoms with E-state index in [0.717, 1.165) is 13.1 Å². The molecule has 72 valence electrons. The molecular formula is C11H13N3. The molecule has 3 nitrogen and oxygen atoms in total. The van der Waals surface area contributed by atoms with Gasteiger partial charge < -0.3 is 10.3 Å². The number of benzene rings is 1. The summed E-state index contributed by atoms with van der Waals surface area (Å²) in [5, 5.41) is 4.56. The van der Waals surface area contributed by atoms with Crippen LogP contribution < -0.4 is 11.1 Å². The van der Waals surface area contributed by atoms with E-state index in [0.29, 0.717) is 0 Å². The lowest BCUT2D eigenvalue weighted by atomic mass is 10.2. The highest BCUT2D eigenvalue weighted by molar-refractivity contribution is 5.81. The third kappa shape index (κ3) is 1.06. The van der Waals surface area contributed by atoms with Crippen LogP contribution in [0.25, 0.3) is 10.9 Å². The number of aromatic nitrogens is 1. The molecule has 3 heteroatoms. The summed E-state index contributed by atoms with van der Waals surface area (Å²) in [6.45, 7) is 1.73. The quantitative estimate of drug-likeness (QED) is 0.647. The van der Waals surface area contributed by atoms with Crippen molar-refractivity contribution < 1.29 is 0 Å². The number of hydrogen-bond acceptors (Lipinski definition) is 2. The molecule has 0 bridgehead atoms. The number of para-hydroxylation sites is 1. The monoisotopic (exact) mass is 187 g/mol. The molecule has 1 aromatic carbocycles. The third-order valence-electron chi connectivity index (χ3n) is 2.82. The smallest absolute Gasteiger partial charge is 0.0734 e. The molecule has 0 aliphatic carbocycles. The number of nitrogens with one attached hydrogen (secondary N) is 1. The number of hydrogen-bond donors (Lipinski definition) is 2. The summed E-state index contributed by atoms with van der Waals surface area (Å²) in [4.78, 5) is 0. The summed E-state index contributed by atoms with van der Waals surface area (Å²) in [5.41, 5.74) is 8.49. The zero-order valence-electron chi connectivity index (χ0n) is 7.90. The van der Waals surface area contributed by atoms with Crippen LogP contribution in [0.4, 0.5) is 0 Å². The van der Waals surface area contributed by atoms with Crippen LogP contribution in [-0.4, -0.2) is 10.7 Å². The van der Waals surface area contributed by atoms with Crippen LogP contribution in [-0.2, 0) is 13.1 Å². The Bertz CT molecular complexity index is 472. The van der Waals surface area contributed by atoms with Crippen LogP contribution in [0, 0.1) is 0 Å². The highest BCUT2D eigenvalue weighted by atomic mass is 15.2. The van der Waals surface area contributed by atoms with E-state index in [2.05, 4.69) is 40.2 Å². The maximum absolute atomic E-state index is 5.87.